The number of aromatic nitrogens is 1. The van der Waals surface area contributed by atoms with Crippen LogP contribution in [0.2, 0.25) is 0 Å². The van der Waals surface area contributed by atoms with Gasteiger partial charge < -0.3 is 20.4 Å². The second kappa shape index (κ2) is 9.19. The third-order valence-electron chi connectivity index (χ3n) is 3.08. The minimum Gasteiger partial charge on any atom is -0.383 e. The highest BCUT2D eigenvalue weighted by atomic mass is 35.5. The molecule has 0 radical (unpaired) electrons. The van der Waals surface area contributed by atoms with Gasteiger partial charge in [0.2, 0.25) is 11.5 Å². The Morgan fingerprint density at radius 2 is 2.09 bits per heavy atom. The third-order valence-corrected chi connectivity index (χ3v) is 3.08. The van der Waals surface area contributed by atoms with Gasteiger partial charge in [0.25, 0.3) is 0 Å². The Kier molecular flexibility index (Phi) is 7.59. The van der Waals surface area contributed by atoms with Crippen LogP contribution in [-0.2, 0) is 16.1 Å². The normalized spacial score (nSPS) is 10.2. The molecule has 0 unspecified atom stereocenters. The van der Waals surface area contributed by atoms with Gasteiger partial charge in [0.05, 0.1) is 13.2 Å². The van der Waals surface area contributed by atoms with Crippen molar-refractivity contribution in [1.82, 2.24) is 15.6 Å². The lowest BCUT2D eigenvalue weighted by Gasteiger charge is -2.09. The fraction of sp³-hybridized carbons (Fsp3) is 0.333. The number of nitrogens with one attached hydrogen (secondary N) is 3. The molecule has 0 aliphatic carbocycles. The van der Waals surface area contributed by atoms with Crippen molar-refractivity contribution in [2.24, 2.45) is 0 Å². The van der Waals surface area contributed by atoms with Crippen LogP contribution in [0.15, 0.2) is 35.1 Å². The van der Waals surface area contributed by atoms with Crippen LogP contribution in [0, 0.1) is 0 Å². The number of methoxy groups -OCH3 is 1. The minimum absolute atomic E-state index is 0. The zero-order chi connectivity index (χ0) is 15.1. The summed E-state index contributed by atoms with van der Waals surface area (Å²) in [4.78, 5) is 26.1. The summed E-state index contributed by atoms with van der Waals surface area (Å²) in [5.41, 5.74) is 1.41. The van der Waals surface area contributed by atoms with Gasteiger partial charge in [0.15, 0.2) is 0 Å². The number of carbonyl (C=O) groups excluding carboxylic acids is 1. The molecule has 0 aliphatic heterocycles. The van der Waals surface area contributed by atoms with Gasteiger partial charge in [-0.1, -0.05) is 18.2 Å². The third kappa shape index (κ3) is 5.14. The maximum atomic E-state index is 11.7. The van der Waals surface area contributed by atoms with Crippen LogP contribution in [0.3, 0.4) is 0 Å². The lowest BCUT2D eigenvalue weighted by Crippen LogP contribution is -2.35. The quantitative estimate of drug-likeness (QED) is 0.658. The summed E-state index contributed by atoms with van der Waals surface area (Å²) in [6.45, 7) is 1.74. The monoisotopic (exact) mass is 325 g/mol. The first-order chi connectivity index (χ1) is 10.2. The standard InChI is InChI=1S/C15H19N3O3.ClH/c1-21-7-6-16-10-15(20)17-9-11-8-14(19)18-13-5-3-2-4-12(11)13;/h2-5,8,16H,6-7,9-10H2,1H3,(H,17,20)(H,18,19);1H. The van der Waals surface area contributed by atoms with Crippen LogP contribution >= 0.6 is 12.4 Å². The number of carbonyl (C=O) groups is 1. The van der Waals surface area contributed by atoms with E-state index >= 15 is 0 Å². The molecule has 22 heavy (non-hydrogen) atoms. The highest BCUT2D eigenvalue weighted by Gasteiger charge is 2.05. The molecule has 7 heteroatoms. The number of ether oxygens (including phenoxy) is 1. The van der Waals surface area contributed by atoms with Crippen molar-refractivity contribution >= 4 is 29.2 Å². The smallest absolute Gasteiger partial charge is 0.248 e. The topological polar surface area (TPSA) is 83.2 Å². The molecule has 0 bridgehead atoms. The molecule has 1 heterocycles. The Hall–Kier alpha value is -1.89. The Balaban J connectivity index is 0.00000242. The number of pyridine rings is 1. The first-order valence-corrected chi connectivity index (χ1v) is 6.78. The molecular formula is C15H20ClN3O3. The lowest BCUT2D eigenvalue weighted by molar-refractivity contribution is -0.120. The van der Waals surface area contributed by atoms with Crippen molar-refractivity contribution < 1.29 is 9.53 Å². The van der Waals surface area contributed by atoms with E-state index in [-0.39, 0.29) is 30.4 Å². The first-order valence-electron chi connectivity index (χ1n) is 6.78. The molecule has 1 aromatic carbocycles. The lowest BCUT2D eigenvalue weighted by atomic mass is 10.1. The van der Waals surface area contributed by atoms with E-state index in [9.17, 15) is 9.59 Å². The summed E-state index contributed by atoms with van der Waals surface area (Å²) in [5, 5.41) is 6.70. The summed E-state index contributed by atoms with van der Waals surface area (Å²) < 4.78 is 4.88. The Bertz CT molecular complexity index is 672. The molecule has 0 spiro atoms. The number of para-hydroxylation sites is 1. The van der Waals surface area contributed by atoms with Crippen molar-refractivity contribution in [1.29, 1.82) is 0 Å². The molecule has 0 saturated carbocycles. The second-order valence-electron chi connectivity index (χ2n) is 4.65. The van der Waals surface area contributed by atoms with Gasteiger partial charge in [-0.15, -0.1) is 12.4 Å². The fourth-order valence-corrected chi connectivity index (χ4v) is 2.06. The average Bonchev–Trinajstić information content (AvgIpc) is 2.49. The molecule has 0 fully saturated rings. The van der Waals surface area contributed by atoms with Crippen molar-refractivity contribution in [3.05, 3.63) is 46.2 Å². The number of aromatic amines is 1. The Morgan fingerprint density at radius 3 is 2.86 bits per heavy atom. The summed E-state index contributed by atoms with van der Waals surface area (Å²) in [5.74, 6) is -0.115. The van der Waals surface area contributed by atoms with Gasteiger partial charge >= 0.3 is 0 Å². The van der Waals surface area contributed by atoms with Crippen LogP contribution in [0.5, 0.6) is 0 Å². The molecule has 120 valence electrons. The van der Waals surface area contributed by atoms with E-state index < -0.39 is 0 Å². The van der Waals surface area contributed by atoms with Crippen molar-refractivity contribution in [2.75, 3.05) is 26.8 Å². The minimum atomic E-state index is -0.170. The van der Waals surface area contributed by atoms with Gasteiger partial charge in [0, 0.05) is 37.2 Å². The van der Waals surface area contributed by atoms with E-state index in [2.05, 4.69) is 15.6 Å². The van der Waals surface area contributed by atoms with Gasteiger partial charge in [-0.25, -0.2) is 0 Å². The van der Waals surface area contributed by atoms with Crippen LogP contribution in [0.1, 0.15) is 5.56 Å². The van der Waals surface area contributed by atoms with Crippen molar-refractivity contribution in [3.8, 4) is 0 Å². The predicted molar refractivity (Wildman–Crippen MR) is 88.4 cm³/mol. The number of fused-ring (bicyclic) bond motifs is 1. The first kappa shape index (κ1) is 18.2. The van der Waals surface area contributed by atoms with Crippen molar-refractivity contribution in [3.63, 3.8) is 0 Å². The molecule has 6 nitrogen and oxygen atoms in total. The highest BCUT2D eigenvalue weighted by molar-refractivity contribution is 5.85. The van der Waals surface area contributed by atoms with Crippen LogP contribution in [-0.4, -0.2) is 37.7 Å². The molecule has 0 saturated heterocycles. The molecular weight excluding hydrogens is 306 g/mol. The number of hydrogen-bond acceptors (Lipinski definition) is 4. The summed E-state index contributed by atoms with van der Waals surface area (Å²) >= 11 is 0. The number of H-pyrrole nitrogens is 1. The van der Waals surface area contributed by atoms with Crippen LogP contribution < -0.4 is 16.2 Å². The maximum absolute atomic E-state index is 11.7. The average molecular weight is 326 g/mol. The Morgan fingerprint density at radius 1 is 1.32 bits per heavy atom. The second-order valence-corrected chi connectivity index (χ2v) is 4.65. The molecule has 2 aromatic rings. The van der Waals surface area contributed by atoms with E-state index in [1.165, 1.54) is 6.07 Å². The summed E-state index contributed by atoms with van der Waals surface area (Å²) in [6.07, 6.45) is 0. The van der Waals surface area contributed by atoms with Gasteiger partial charge in [-0.2, -0.15) is 0 Å². The largest absolute Gasteiger partial charge is 0.383 e. The zero-order valence-electron chi connectivity index (χ0n) is 12.3. The molecule has 2 rings (SSSR count). The number of hydrogen-bond donors (Lipinski definition) is 3. The van der Waals surface area contributed by atoms with Gasteiger partial charge in [-0.05, 0) is 11.6 Å². The van der Waals surface area contributed by atoms with E-state index in [1.807, 2.05) is 24.3 Å². The fourth-order valence-electron chi connectivity index (χ4n) is 2.06. The van der Waals surface area contributed by atoms with E-state index in [1.54, 1.807) is 7.11 Å². The highest BCUT2D eigenvalue weighted by Crippen LogP contribution is 2.13. The Labute approximate surface area is 134 Å². The number of benzene rings is 1. The molecule has 0 atom stereocenters. The number of halogens is 1. The molecule has 3 N–H and O–H groups in total. The molecule has 0 aliphatic rings. The predicted octanol–water partition coefficient (Wildman–Crippen LogP) is 0.802. The van der Waals surface area contributed by atoms with Gasteiger partial charge in [-0.3, -0.25) is 9.59 Å². The molecule has 1 aromatic heterocycles. The number of amides is 1. The number of rotatable bonds is 7. The zero-order valence-corrected chi connectivity index (χ0v) is 13.2. The maximum Gasteiger partial charge on any atom is 0.248 e. The van der Waals surface area contributed by atoms with Crippen LogP contribution in [0.25, 0.3) is 10.9 Å². The van der Waals surface area contributed by atoms with E-state index in [4.69, 9.17) is 4.74 Å². The van der Waals surface area contributed by atoms with Crippen molar-refractivity contribution in [2.45, 2.75) is 6.54 Å². The SMILES string of the molecule is COCCNCC(=O)NCc1cc(=O)[nH]c2ccccc12.Cl. The van der Waals surface area contributed by atoms with E-state index in [0.29, 0.717) is 19.7 Å². The molecule has 1 amide bonds. The summed E-state index contributed by atoms with van der Waals surface area (Å²) in [6, 6.07) is 9.04. The van der Waals surface area contributed by atoms with E-state index in [0.717, 1.165) is 16.5 Å². The van der Waals surface area contributed by atoms with Gasteiger partial charge in [0.1, 0.15) is 0 Å². The summed E-state index contributed by atoms with van der Waals surface area (Å²) in [7, 11) is 1.61. The van der Waals surface area contributed by atoms with Crippen LogP contribution in [0.4, 0.5) is 0 Å².